The lowest BCUT2D eigenvalue weighted by Gasteiger charge is -2.40. The fourth-order valence-electron chi connectivity index (χ4n) is 3.15. The summed E-state index contributed by atoms with van der Waals surface area (Å²) < 4.78 is 42.9. The highest BCUT2D eigenvalue weighted by Crippen LogP contribution is 2.57. The Morgan fingerprint density at radius 2 is 1.79 bits per heavy atom. The van der Waals surface area contributed by atoms with Crippen molar-refractivity contribution in [2.24, 2.45) is 0 Å². The van der Waals surface area contributed by atoms with E-state index in [1.54, 1.807) is 41.7 Å². The number of benzene rings is 2. The Kier molecular flexibility index (Phi) is 6.31. The summed E-state index contributed by atoms with van der Waals surface area (Å²) >= 11 is 3.09. The van der Waals surface area contributed by atoms with Crippen molar-refractivity contribution in [1.82, 2.24) is 0 Å². The van der Waals surface area contributed by atoms with Gasteiger partial charge in [-0.15, -0.1) is 23.5 Å². The second kappa shape index (κ2) is 8.39. The smallest absolute Gasteiger partial charge is 0.416 e. The molecule has 3 nitrogen and oxygen atoms in total. The summed E-state index contributed by atoms with van der Waals surface area (Å²) in [5, 5.41) is 11.2. The number of hydrogen-bond acceptors (Lipinski definition) is 5. The first-order valence-corrected chi connectivity index (χ1v) is 10.6. The summed E-state index contributed by atoms with van der Waals surface area (Å²) in [7, 11) is 1.47. The Hall–Kier alpha value is -1.64. The largest absolute Gasteiger partial charge is 0.496 e. The van der Waals surface area contributed by atoms with Crippen LogP contribution in [0.4, 0.5) is 13.2 Å². The number of carbonyl (C=O) groups excluding carboxylic acids is 1. The number of thioether (sulfide) groups is 2. The lowest BCUT2D eigenvalue weighted by Crippen LogP contribution is -2.30. The molecule has 1 heterocycles. The fraction of sp³-hybridized carbons (Fsp3) is 0.350. The average Bonchev–Trinajstić information content (AvgIpc) is 2.72. The summed E-state index contributed by atoms with van der Waals surface area (Å²) in [5.41, 5.74) is 0.746. The number of rotatable bonds is 5. The zero-order valence-electron chi connectivity index (χ0n) is 15.0. The van der Waals surface area contributed by atoms with E-state index in [0.29, 0.717) is 23.2 Å². The highest BCUT2D eigenvalue weighted by atomic mass is 32.2. The second-order valence-corrected chi connectivity index (χ2v) is 9.26. The Morgan fingerprint density at radius 1 is 1.14 bits per heavy atom. The van der Waals surface area contributed by atoms with E-state index >= 15 is 0 Å². The minimum atomic E-state index is -4.43. The highest BCUT2D eigenvalue weighted by molar-refractivity contribution is 8.18. The molecule has 2 aromatic carbocycles. The van der Waals surface area contributed by atoms with Crippen LogP contribution >= 0.6 is 23.5 Å². The molecule has 3 rings (SSSR count). The van der Waals surface area contributed by atoms with Crippen molar-refractivity contribution in [2.45, 2.75) is 22.8 Å². The predicted molar refractivity (Wildman–Crippen MR) is 106 cm³/mol. The maximum Gasteiger partial charge on any atom is 0.416 e. The van der Waals surface area contributed by atoms with Crippen LogP contribution in [0.3, 0.4) is 0 Å². The first kappa shape index (κ1) is 21.1. The lowest BCUT2D eigenvalue weighted by molar-refractivity contribution is -0.137. The molecule has 8 heteroatoms. The number of alkyl halides is 3. The minimum Gasteiger partial charge on any atom is -0.496 e. The summed E-state index contributed by atoms with van der Waals surface area (Å²) in [6.07, 6.45) is -3.81. The molecule has 0 aliphatic carbocycles. The van der Waals surface area contributed by atoms with E-state index in [9.17, 15) is 23.1 Å². The summed E-state index contributed by atoms with van der Waals surface area (Å²) in [5.74, 6) is 2.03. The first-order chi connectivity index (χ1) is 13.3. The quantitative estimate of drug-likeness (QED) is 0.657. The fourth-order valence-corrected chi connectivity index (χ4v) is 6.52. The Labute approximate surface area is 169 Å². The van der Waals surface area contributed by atoms with Gasteiger partial charge in [-0.2, -0.15) is 13.2 Å². The van der Waals surface area contributed by atoms with Gasteiger partial charge in [-0.3, -0.25) is 4.79 Å². The van der Waals surface area contributed by atoms with Crippen LogP contribution in [0.1, 0.15) is 39.6 Å². The third-order valence-corrected chi connectivity index (χ3v) is 8.06. The van der Waals surface area contributed by atoms with Gasteiger partial charge in [-0.05, 0) is 53.3 Å². The van der Waals surface area contributed by atoms with Crippen LogP contribution in [0.2, 0.25) is 0 Å². The van der Waals surface area contributed by atoms with Gasteiger partial charge in [0, 0.05) is 0 Å². The molecule has 1 aliphatic rings. The zero-order valence-corrected chi connectivity index (χ0v) is 16.7. The molecule has 0 bridgehead atoms. The molecule has 1 saturated heterocycles. The van der Waals surface area contributed by atoms with Crippen molar-refractivity contribution in [2.75, 3.05) is 18.6 Å². The molecule has 0 radical (unpaired) electrons. The number of carbonyl (C=O) groups is 1. The van der Waals surface area contributed by atoms with Gasteiger partial charge in [0.1, 0.15) is 15.9 Å². The van der Waals surface area contributed by atoms with E-state index in [1.807, 2.05) is 0 Å². The van der Waals surface area contributed by atoms with Gasteiger partial charge in [0.05, 0.1) is 18.2 Å². The van der Waals surface area contributed by atoms with Crippen molar-refractivity contribution < 1.29 is 27.8 Å². The van der Waals surface area contributed by atoms with Crippen LogP contribution in [-0.4, -0.2) is 30.0 Å². The number of aliphatic hydroxyl groups excluding tert-OH is 1. The Morgan fingerprint density at radius 3 is 2.32 bits per heavy atom. The van der Waals surface area contributed by atoms with Gasteiger partial charge < -0.3 is 9.84 Å². The number of halogens is 3. The van der Waals surface area contributed by atoms with Gasteiger partial charge >= 0.3 is 6.18 Å². The van der Waals surface area contributed by atoms with Crippen molar-refractivity contribution >= 4 is 29.8 Å². The van der Waals surface area contributed by atoms with E-state index in [0.717, 1.165) is 35.6 Å². The maximum absolute atomic E-state index is 12.9. The first-order valence-electron chi connectivity index (χ1n) is 8.58. The molecule has 150 valence electrons. The molecule has 0 aromatic heterocycles. The SMILES string of the molecule is COc1ccc(C2(C(O)c3ccc(C(F)(F)F)cc3)SCCCS2)cc1C=O. The number of aliphatic hydroxyl groups is 1. The summed E-state index contributed by atoms with van der Waals surface area (Å²) in [6.45, 7) is 0. The standard InChI is InChI=1S/C20H19F3O3S2/c1-26-17-8-7-16(11-14(17)12-24)19(27-9-2-10-28-19)18(25)13-3-5-15(6-4-13)20(21,22)23/h3-8,11-12,18,25H,2,9-10H2,1H3. The molecule has 28 heavy (non-hydrogen) atoms. The van der Waals surface area contributed by atoms with Gasteiger partial charge in [-0.1, -0.05) is 18.2 Å². The van der Waals surface area contributed by atoms with Gasteiger partial charge in [-0.25, -0.2) is 0 Å². The lowest BCUT2D eigenvalue weighted by atomic mass is 9.97. The van der Waals surface area contributed by atoms with E-state index in [1.165, 1.54) is 19.2 Å². The summed E-state index contributed by atoms with van der Waals surface area (Å²) in [4.78, 5) is 11.4. The molecule has 0 spiro atoms. The molecule has 1 fully saturated rings. The monoisotopic (exact) mass is 428 g/mol. The zero-order chi connectivity index (χ0) is 20.4. The highest BCUT2D eigenvalue weighted by Gasteiger charge is 2.44. The normalized spacial score (nSPS) is 17.8. The van der Waals surface area contributed by atoms with Crippen molar-refractivity contribution in [3.8, 4) is 5.75 Å². The molecule has 0 amide bonds. The topological polar surface area (TPSA) is 46.5 Å². The van der Waals surface area contributed by atoms with Crippen molar-refractivity contribution in [3.63, 3.8) is 0 Å². The Balaban J connectivity index is 2.03. The predicted octanol–water partition coefficient (Wildman–Crippen LogP) is 5.28. The maximum atomic E-state index is 12.9. The molecule has 1 N–H and O–H groups in total. The second-order valence-electron chi connectivity index (χ2n) is 6.31. The van der Waals surface area contributed by atoms with Crippen LogP contribution < -0.4 is 4.74 Å². The van der Waals surface area contributed by atoms with E-state index in [-0.39, 0.29) is 0 Å². The minimum absolute atomic E-state index is 0.366. The third kappa shape index (κ3) is 4.04. The number of methoxy groups -OCH3 is 1. The number of ether oxygens (including phenoxy) is 1. The number of hydrogen-bond donors (Lipinski definition) is 1. The van der Waals surface area contributed by atoms with Crippen LogP contribution in [0, 0.1) is 0 Å². The van der Waals surface area contributed by atoms with Crippen molar-refractivity contribution in [3.05, 3.63) is 64.7 Å². The Bertz CT molecular complexity index is 832. The van der Waals surface area contributed by atoms with E-state index < -0.39 is 21.9 Å². The molecule has 1 atom stereocenters. The average molecular weight is 428 g/mol. The molecular weight excluding hydrogens is 409 g/mol. The van der Waals surface area contributed by atoms with Crippen LogP contribution in [0.5, 0.6) is 5.75 Å². The molecule has 1 unspecified atom stereocenters. The molecule has 0 saturated carbocycles. The van der Waals surface area contributed by atoms with Gasteiger partial charge in [0.2, 0.25) is 0 Å². The van der Waals surface area contributed by atoms with Gasteiger partial charge in [0.15, 0.2) is 6.29 Å². The van der Waals surface area contributed by atoms with Gasteiger partial charge in [0.25, 0.3) is 0 Å². The molecule has 2 aromatic rings. The van der Waals surface area contributed by atoms with Crippen molar-refractivity contribution in [1.29, 1.82) is 0 Å². The molecule has 1 aliphatic heterocycles. The van der Waals surface area contributed by atoms with Crippen LogP contribution in [-0.2, 0) is 10.3 Å². The van der Waals surface area contributed by atoms with E-state index in [2.05, 4.69) is 0 Å². The summed E-state index contributed by atoms with van der Waals surface area (Å²) in [6, 6.07) is 9.75. The van der Waals surface area contributed by atoms with Crippen LogP contribution in [0.15, 0.2) is 42.5 Å². The van der Waals surface area contributed by atoms with Crippen LogP contribution in [0.25, 0.3) is 0 Å². The van der Waals surface area contributed by atoms with E-state index in [4.69, 9.17) is 4.74 Å². The number of aldehydes is 1. The molecular formula is C20H19F3O3S2. The third-order valence-electron chi connectivity index (χ3n) is 4.59.